The van der Waals surface area contributed by atoms with Crippen LogP contribution in [0, 0.1) is 12.7 Å². The number of halogens is 1. The van der Waals surface area contributed by atoms with Gasteiger partial charge in [-0.1, -0.05) is 6.07 Å². The van der Waals surface area contributed by atoms with Crippen LogP contribution in [0.1, 0.15) is 21.2 Å². The molecule has 2 aromatic heterocycles. The summed E-state index contributed by atoms with van der Waals surface area (Å²) < 4.78 is 15.4. The summed E-state index contributed by atoms with van der Waals surface area (Å²) in [5.74, 6) is 0.708. The fourth-order valence-corrected chi connectivity index (χ4v) is 5.78. The van der Waals surface area contributed by atoms with Gasteiger partial charge >= 0.3 is 0 Å². The zero-order chi connectivity index (χ0) is 23.9. The minimum Gasteiger partial charge on any atom is -0.334 e. The molecule has 2 aliphatic rings. The predicted octanol–water partition coefficient (Wildman–Crippen LogP) is 3.57. The van der Waals surface area contributed by atoms with Crippen LogP contribution in [-0.2, 0) is 6.54 Å². The van der Waals surface area contributed by atoms with Gasteiger partial charge in [-0.3, -0.25) is 19.2 Å². The predicted molar refractivity (Wildman–Crippen MR) is 134 cm³/mol. The molecule has 0 radical (unpaired) electrons. The molecule has 2 fully saturated rings. The summed E-state index contributed by atoms with van der Waals surface area (Å²) in [6.07, 6.45) is 1.69. The number of fused-ring (bicyclic) bond motifs is 1. The molecule has 6 rings (SSSR count). The van der Waals surface area contributed by atoms with Gasteiger partial charge in [-0.05, 0) is 48.9 Å². The van der Waals surface area contributed by atoms with E-state index in [1.165, 1.54) is 29.0 Å². The number of likely N-dealkylation sites (tertiary alicyclic amines) is 1. The van der Waals surface area contributed by atoms with Crippen molar-refractivity contribution in [2.45, 2.75) is 19.5 Å². The van der Waals surface area contributed by atoms with E-state index in [0.29, 0.717) is 11.0 Å². The number of nitrogens with zero attached hydrogens (tertiary/aromatic N) is 6. The second-order valence-electron chi connectivity index (χ2n) is 9.31. The van der Waals surface area contributed by atoms with Gasteiger partial charge in [0.05, 0.1) is 11.0 Å². The van der Waals surface area contributed by atoms with Crippen molar-refractivity contribution in [3.8, 4) is 5.69 Å². The van der Waals surface area contributed by atoms with E-state index in [0.717, 1.165) is 68.4 Å². The average Bonchev–Trinajstić information content (AvgIpc) is 3.49. The number of carbonyl (C=O) groups excluding carboxylic acids is 1. The number of hydrogen-bond donors (Lipinski definition) is 0. The van der Waals surface area contributed by atoms with E-state index < -0.39 is 0 Å². The Balaban J connectivity index is 1.05. The van der Waals surface area contributed by atoms with Gasteiger partial charge in [0.25, 0.3) is 5.91 Å². The maximum absolute atomic E-state index is 13.4. The SMILES string of the molecule is Cc1nc2cc(CN3CC(N4CCN(C(=O)c5nccs5)CC4)C3)ccc2n1-c1ccc(F)cc1. The number of piperazine rings is 1. The van der Waals surface area contributed by atoms with Crippen molar-refractivity contribution in [1.82, 2.24) is 29.2 Å². The van der Waals surface area contributed by atoms with Gasteiger partial charge in [-0.2, -0.15) is 0 Å². The highest BCUT2D eigenvalue weighted by Crippen LogP contribution is 2.25. The van der Waals surface area contributed by atoms with E-state index in [1.54, 1.807) is 18.3 Å². The molecule has 0 N–H and O–H groups in total. The first kappa shape index (κ1) is 22.3. The van der Waals surface area contributed by atoms with Crippen LogP contribution in [0.25, 0.3) is 16.7 Å². The number of imidazole rings is 1. The van der Waals surface area contributed by atoms with Gasteiger partial charge in [0.1, 0.15) is 11.6 Å². The summed E-state index contributed by atoms with van der Waals surface area (Å²) >= 11 is 1.41. The Kier molecular flexibility index (Phi) is 5.83. The Hall–Kier alpha value is -3.14. The maximum atomic E-state index is 13.4. The molecule has 0 spiro atoms. The number of aryl methyl sites for hydroxylation is 1. The van der Waals surface area contributed by atoms with Gasteiger partial charge in [-0.15, -0.1) is 11.3 Å². The van der Waals surface area contributed by atoms with Crippen LogP contribution in [0.4, 0.5) is 4.39 Å². The molecule has 0 unspecified atom stereocenters. The number of aromatic nitrogens is 3. The lowest BCUT2D eigenvalue weighted by Crippen LogP contribution is -2.63. The third-order valence-corrected chi connectivity index (χ3v) is 7.81. The molecule has 9 heteroatoms. The number of benzene rings is 2. The highest BCUT2D eigenvalue weighted by molar-refractivity contribution is 7.11. The largest absolute Gasteiger partial charge is 0.334 e. The van der Waals surface area contributed by atoms with Crippen LogP contribution in [0.5, 0.6) is 0 Å². The molecule has 180 valence electrons. The quantitative estimate of drug-likeness (QED) is 0.428. The van der Waals surface area contributed by atoms with E-state index in [9.17, 15) is 9.18 Å². The third kappa shape index (κ3) is 4.35. The second-order valence-corrected chi connectivity index (χ2v) is 10.2. The Bertz CT molecular complexity index is 1340. The number of thiazole rings is 1. The van der Waals surface area contributed by atoms with Gasteiger partial charge in [0, 0.05) is 69.1 Å². The van der Waals surface area contributed by atoms with Crippen LogP contribution >= 0.6 is 11.3 Å². The molecule has 0 saturated carbocycles. The fourth-order valence-electron chi connectivity index (χ4n) is 5.18. The molecule has 2 aromatic carbocycles. The molecule has 2 saturated heterocycles. The molecule has 4 heterocycles. The van der Waals surface area contributed by atoms with Crippen molar-refractivity contribution in [3.05, 3.63) is 76.3 Å². The standard InChI is InChI=1S/C26H27FN6OS/c1-18-29-23-14-19(2-7-24(23)33(18)21-5-3-20(27)4-6-21)15-30-16-22(17-30)31-9-11-32(12-10-31)26(34)25-28-8-13-35-25/h2-8,13-14,22H,9-12,15-17H2,1H3. The number of carbonyl (C=O) groups is 1. The summed E-state index contributed by atoms with van der Waals surface area (Å²) in [6.45, 7) is 8.33. The van der Waals surface area contributed by atoms with Crippen LogP contribution in [0.3, 0.4) is 0 Å². The van der Waals surface area contributed by atoms with E-state index in [-0.39, 0.29) is 11.7 Å². The molecule has 0 atom stereocenters. The maximum Gasteiger partial charge on any atom is 0.282 e. The summed E-state index contributed by atoms with van der Waals surface area (Å²) in [4.78, 5) is 28.3. The lowest BCUT2D eigenvalue weighted by molar-refractivity contribution is 0.00259. The summed E-state index contributed by atoms with van der Waals surface area (Å²) in [5, 5.41) is 2.44. The third-order valence-electron chi connectivity index (χ3n) is 7.05. The lowest BCUT2D eigenvalue weighted by Gasteiger charge is -2.48. The molecule has 4 aromatic rings. The van der Waals surface area contributed by atoms with Crippen LogP contribution in [0.2, 0.25) is 0 Å². The zero-order valence-electron chi connectivity index (χ0n) is 19.6. The van der Waals surface area contributed by atoms with E-state index in [4.69, 9.17) is 4.98 Å². The number of hydrogen-bond acceptors (Lipinski definition) is 6. The fraction of sp³-hybridized carbons (Fsp3) is 0.346. The van der Waals surface area contributed by atoms with Crippen molar-refractivity contribution in [2.24, 2.45) is 0 Å². The van der Waals surface area contributed by atoms with Crippen molar-refractivity contribution in [3.63, 3.8) is 0 Å². The molecule has 0 aliphatic carbocycles. The monoisotopic (exact) mass is 490 g/mol. The first-order valence-electron chi connectivity index (χ1n) is 11.9. The van der Waals surface area contributed by atoms with Crippen LogP contribution in [0.15, 0.2) is 54.0 Å². The van der Waals surface area contributed by atoms with Crippen LogP contribution < -0.4 is 0 Å². The minimum atomic E-state index is -0.239. The first-order chi connectivity index (χ1) is 17.0. The second kappa shape index (κ2) is 9.14. The molecular formula is C26H27FN6OS. The van der Waals surface area contributed by atoms with E-state index in [2.05, 4.69) is 37.5 Å². The van der Waals surface area contributed by atoms with Crippen molar-refractivity contribution < 1.29 is 9.18 Å². The summed E-state index contributed by atoms with van der Waals surface area (Å²) in [5.41, 5.74) is 4.16. The Morgan fingerprint density at radius 3 is 2.57 bits per heavy atom. The topological polar surface area (TPSA) is 57.5 Å². The van der Waals surface area contributed by atoms with Crippen molar-refractivity contribution >= 4 is 28.3 Å². The molecule has 0 bridgehead atoms. The Labute approximate surface area is 207 Å². The first-order valence-corrected chi connectivity index (χ1v) is 12.8. The molecule has 1 amide bonds. The normalized spacial score (nSPS) is 17.7. The van der Waals surface area contributed by atoms with Gasteiger partial charge in [-0.25, -0.2) is 14.4 Å². The smallest absolute Gasteiger partial charge is 0.282 e. The zero-order valence-corrected chi connectivity index (χ0v) is 20.4. The summed E-state index contributed by atoms with van der Waals surface area (Å²) in [6, 6.07) is 13.5. The lowest BCUT2D eigenvalue weighted by atomic mass is 10.0. The minimum absolute atomic E-state index is 0.0578. The van der Waals surface area contributed by atoms with Crippen molar-refractivity contribution in [1.29, 1.82) is 0 Å². The van der Waals surface area contributed by atoms with Gasteiger partial charge in [0.2, 0.25) is 0 Å². The van der Waals surface area contributed by atoms with Gasteiger partial charge < -0.3 is 4.90 Å². The van der Waals surface area contributed by atoms with Gasteiger partial charge in [0.15, 0.2) is 5.01 Å². The summed E-state index contributed by atoms with van der Waals surface area (Å²) in [7, 11) is 0. The van der Waals surface area contributed by atoms with E-state index in [1.807, 2.05) is 17.2 Å². The molecule has 7 nitrogen and oxygen atoms in total. The highest BCUT2D eigenvalue weighted by atomic mass is 32.1. The average molecular weight is 491 g/mol. The van der Waals surface area contributed by atoms with Crippen LogP contribution in [-0.4, -0.2) is 80.5 Å². The molecular weight excluding hydrogens is 463 g/mol. The molecule has 2 aliphatic heterocycles. The number of rotatable bonds is 5. The highest BCUT2D eigenvalue weighted by Gasteiger charge is 2.34. The van der Waals surface area contributed by atoms with Crippen molar-refractivity contribution in [2.75, 3.05) is 39.3 Å². The Morgan fingerprint density at radius 2 is 1.86 bits per heavy atom. The number of amides is 1. The molecule has 35 heavy (non-hydrogen) atoms. The Morgan fingerprint density at radius 1 is 1.09 bits per heavy atom. The van der Waals surface area contributed by atoms with E-state index >= 15 is 0 Å².